The monoisotopic (exact) mass is 261 g/mol. The molecule has 3 N–H and O–H groups in total. The third-order valence-electron chi connectivity index (χ3n) is 3.08. The molecule has 1 unspecified atom stereocenters. The quantitative estimate of drug-likeness (QED) is 0.833. The van der Waals surface area contributed by atoms with E-state index in [0.29, 0.717) is 24.2 Å². The summed E-state index contributed by atoms with van der Waals surface area (Å²) in [7, 11) is 0. The first-order valence-electron chi connectivity index (χ1n) is 6.51. The molecule has 19 heavy (non-hydrogen) atoms. The van der Waals surface area contributed by atoms with Gasteiger partial charge in [-0.3, -0.25) is 0 Å². The fraction of sp³-hybridized carbons (Fsp3) is 0.429. The van der Waals surface area contributed by atoms with Crippen LogP contribution < -0.4 is 5.73 Å². The highest BCUT2D eigenvalue weighted by Gasteiger charge is 2.10. The maximum atomic E-state index is 9.42. The van der Waals surface area contributed by atoms with Crippen LogP contribution in [0.5, 0.6) is 5.75 Å². The molecule has 1 heterocycles. The number of aromatic hydroxyl groups is 1. The lowest BCUT2D eigenvalue weighted by Crippen LogP contribution is -2.06. The number of nitrogens with zero attached hydrogens (tertiary/aromatic N) is 2. The molecule has 0 saturated carbocycles. The van der Waals surface area contributed by atoms with E-state index in [-0.39, 0.29) is 5.75 Å². The highest BCUT2D eigenvalue weighted by Crippen LogP contribution is 2.21. The molecule has 1 aromatic carbocycles. The van der Waals surface area contributed by atoms with Crippen LogP contribution in [0.1, 0.15) is 25.7 Å². The van der Waals surface area contributed by atoms with Crippen molar-refractivity contribution in [3.8, 4) is 17.1 Å². The molecule has 2 aromatic rings. The van der Waals surface area contributed by atoms with Gasteiger partial charge in [0.05, 0.1) is 0 Å². The minimum Gasteiger partial charge on any atom is -0.508 e. The first-order valence-corrected chi connectivity index (χ1v) is 6.51. The van der Waals surface area contributed by atoms with E-state index in [1.807, 2.05) is 6.07 Å². The predicted octanol–water partition coefficient (Wildman–Crippen LogP) is 2.36. The lowest BCUT2D eigenvalue weighted by molar-refractivity contribution is 0.362. The number of phenols is 1. The van der Waals surface area contributed by atoms with Crippen LogP contribution in [-0.2, 0) is 6.42 Å². The van der Waals surface area contributed by atoms with Crippen LogP contribution in [0.3, 0.4) is 0 Å². The van der Waals surface area contributed by atoms with Crippen molar-refractivity contribution in [2.75, 3.05) is 6.54 Å². The van der Waals surface area contributed by atoms with Gasteiger partial charge in [-0.2, -0.15) is 4.98 Å². The van der Waals surface area contributed by atoms with E-state index >= 15 is 0 Å². The van der Waals surface area contributed by atoms with Crippen LogP contribution in [-0.4, -0.2) is 21.8 Å². The van der Waals surface area contributed by atoms with Crippen molar-refractivity contribution < 1.29 is 9.63 Å². The Kier molecular flexibility index (Phi) is 4.52. The average Bonchev–Trinajstić information content (AvgIpc) is 2.85. The van der Waals surface area contributed by atoms with Crippen molar-refractivity contribution in [1.29, 1.82) is 0 Å². The molecule has 0 spiro atoms. The second kappa shape index (κ2) is 6.33. The maximum Gasteiger partial charge on any atom is 0.226 e. The van der Waals surface area contributed by atoms with E-state index in [2.05, 4.69) is 17.1 Å². The summed E-state index contributed by atoms with van der Waals surface area (Å²) < 4.78 is 5.21. The van der Waals surface area contributed by atoms with Crippen LogP contribution >= 0.6 is 0 Å². The molecular weight excluding hydrogens is 242 g/mol. The topological polar surface area (TPSA) is 85.2 Å². The number of aromatic nitrogens is 2. The predicted molar refractivity (Wildman–Crippen MR) is 72.6 cm³/mol. The van der Waals surface area contributed by atoms with Gasteiger partial charge >= 0.3 is 0 Å². The highest BCUT2D eigenvalue weighted by molar-refractivity contribution is 5.56. The Hall–Kier alpha value is -1.88. The van der Waals surface area contributed by atoms with Gasteiger partial charge in [-0.05, 0) is 37.4 Å². The highest BCUT2D eigenvalue weighted by atomic mass is 16.5. The second-order valence-corrected chi connectivity index (χ2v) is 4.78. The summed E-state index contributed by atoms with van der Waals surface area (Å²) in [5, 5.41) is 13.3. The second-order valence-electron chi connectivity index (χ2n) is 4.78. The molecule has 5 heteroatoms. The van der Waals surface area contributed by atoms with E-state index in [0.717, 1.165) is 24.8 Å². The van der Waals surface area contributed by atoms with Gasteiger partial charge in [-0.1, -0.05) is 24.2 Å². The summed E-state index contributed by atoms with van der Waals surface area (Å²) in [5.74, 6) is 1.89. The molecule has 1 atom stereocenters. The molecule has 0 aliphatic rings. The molecule has 0 bridgehead atoms. The summed E-state index contributed by atoms with van der Waals surface area (Å²) in [4.78, 5) is 4.33. The minimum atomic E-state index is 0.195. The molecule has 0 saturated heterocycles. The van der Waals surface area contributed by atoms with Crippen molar-refractivity contribution in [2.24, 2.45) is 11.7 Å². The maximum absolute atomic E-state index is 9.42. The summed E-state index contributed by atoms with van der Waals surface area (Å²) in [6.07, 6.45) is 2.75. The molecule has 1 aromatic heterocycles. The Morgan fingerprint density at radius 2 is 2.21 bits per heavy atom. The summed E-state index contributed by atoms with van der Waals surface area (Å²) in [6, 6.07) is 6.82. The van der Waals surface area contributed by atoms with Crippen LogP contribution in [0.2, 0.25) is 0 Å². The van der Waals surface area contributed by atoms with Gasteiger partial charge in [0.1, 0.15) is 5.75 Å². The third-order valence-corrected chi connectivity index (χ3v) is 3.08. The molecular formula is C14H19N3O2. The van der Waals surface area contributed by atoms with E-state index in [4.69, 9.17) is 10.3 Å². The van der Waals surface area contributed by atoms with Gasteiger partial charge in [-0.15, -0.1) is 0 Å². The molecule has 102 valence electrons. The molecule has 0 amide bonds. The smallest absolute Gasteiger partial charge is 0.226 e. The zero-order valence-electron chi connectivity index (χ0n) is 11.0. The van der Waals surface area contributed by atoms with Gasteiger partial charge < -0.3 is 15.4 Å². The van der Waals surface area contributed by atoms with E-state index in [1.54, 1.807) is 18.2 Å². The average molecular weight is 261 g/mol. The van der Waals surface area contributed by atoms with E-state index < -0.39 is 0 Å². The number of hydrogen-bond donors (Lipinski definition) is 2. The molecule has 2 rings (SSSR count). The van der Waals surface area contributed by atoms with Crippen molar-refractivity contribution >= 4 is 0 Å². The van der Waals surface area contributed by atoms with Crippen molar-refractivity contribution in [3.63, 3.8) is 0 Å². The number of nitrogens with two attached hydrogens (primary N) is 1. The lowest BCUT2D eigenvalue weighted by atomic mass is 10.0. The summed E-state index contributed by atoms with van der Waals surface area (Å²) in [5.41, 5.74) is 6.27. The third kappa shape index (κ3) is 3.79. The van der Waals surface area contributed by atoms with Gasteiger partial charge in [0.25, 0.3) is 0 Å². The van der Waals surface area contributed by atoms with Crippen LogP contribution in [0.15, 0.2) is 28.8 Å². The van der Waals surface area contributed by atoms with E-state index in [9.17, 15) is 5.11 Å². The largest absolute Gasteiger partial charge is 0.508 e. The molecule has 0 radical (unpaired) electrons. The van der Waals surface area contributed by atoms with Gasteiger partial charge in [-0.25, -0.2) is 0 Å². The van der Waals surface area contributed by atoms with Gasteiger partial charge in [0.15, 0.2) is 0 Å². The first kappa shape index (κ1) is 13.5. The van der Waals surface area contributed by atoms with E-state index in [1.165, 1.54) is 0 Å². The Morgan fingerprint density at radius 3 is 2.95 bits per heavy atom. The summed E-state index contributed by atoms with van der Waals surface area (Å²) >= 11 is 0. The Labute approximate surface area is 112 Å². The SMILES string of the molecule is CC(CCN)CCc1nc(-c2cccc(O)c2)no1. The zero-order chi connectivity index (χ0) is 13.7. The van der Waals surface area contributed by atoms with Crippen LogP contribution in [0.25, 0.3) is 11.4 Å². The number of aryl methyl sites for hydroxylation is 1. The van der Waals surface area contributed by atoms with Gasteiger partial charge in [0.2, 0.25) is 11.7 Å². The first-order chi connectivity index (χ1) is 9.19. The molecule has 0 fully saturated rings. The van der Waals surface area contributed by atoms with Crippen molar-refractivity contribution in [2.45, 2.75) is 26.2 Å². The summed E-state index contributed by atoms with van der Waals surface area (Å²) in [6.45, 7) is 2.87. The number of benzene rings is 1. The molecule has 0 aliphatic carbocycles. The van der Waals surface area contributed by atoms with Gasteiger partial charge in [0, 0.05) is 12.0 Å². The number of rotatable bonds is 6. The Morgan fingerprint density at radius 1 is 1.37 bits per heavy atom. The fourth-order valence-corrected chi connectivity index (χ4v) is 1.92. The zero-order valence-corrected chi connectivity index (χ0v) is 11.0. The van der Waals surface area contributed by atoms with Crippen LogP contribution in [0, 0.1) is 5.92 Å². The number of phenolic OH excluding ortho intramolecular Hbond substituents is 1. The van der Waals surface area contributed by atoms with Crippen molar-refractivity contribution in [1.82, 2.24) is 10.1 Å². The fourth-order valence-electron chi connectivity index (χ4n) is 1.92. The minimum absolute atomic E-state index is 0.195. The van der Waals surface area contributed by atoms with Crippen molar-refractivity contribution in [3.05, 3.63) is 30.2 Å². The standard InChI is InChI=1S/C14H19N3O2/c1-10(7-8-15)5-6-13-16-14(17-19-13)11-3-2-4-12(18)9-11/h2-4,9-10,18H,5-8,15H2,1H3. The number of hydrogen-bond acceptors (Lipinski definition) is 5. The Bertz CT molecular complexity index is 525. The molecule has 5 nitrogen and oxygen atoms in total. The lowest BCUT2D eigenvalue weighted by Gasteiger charge is -2.06. The van der Waals surface area contributed by atoms with Crippen LogP contribution in [0.4, 0.5) is 0 Å². The normalized spacial score (nSPS) is 12.5. The Balaban J connectivity index is 1.99. The molecule has 0 aliphatic heterocycles.